The summed E-state index contributed by atoms with van der Waals surface area (Å²) in [5, 5.41) is 18.0. The van der Waals surface area contributed by atoms with E-state index >= 15 is 0 Å². The molecule has 0 bridgehead atoms. The highest BCUT2D eigenvalue weighted by Gasteiger charge is 2.24. The van der Waals surface area contributed by atoms with Crippen LogP contribution in [0.3, 0.4) is 0 Å². The van der Waals surface area contributed by atoms with Crippen molar-refractivity contribution in [1.82, 2.24) is 0 Å². The predicted molar refractivity (Wildman–Crippen MR) is 136 cm³/mol. The zero-order valence-electron chi connectivity index (χ0n) is 21.2. The van der Waals surface area contributed by atoms with Crippen molar-refractivity contribution in [2.24, 2.45) is 5.92 Å². The molecule has 0 heterocycles. The Hall–Kier alpha value is -1.65. The fraction of sp³-hybridized carbons (Fsp3) is 0.821. The van der Waals surface area contributed by atoms with E-state index in [9.17, 15) is 19.5 Å². The summed E-state index contributed by atoms with van der Waals surface area (Å²) in [5.74, 6) is -2.78. The molecule has 0 aliphatic heterocycles. The molecule has 0 amide bonds. The number of carbonyl (C=O) groups is 3. The van der Waals surface area contributed by atoms with Crippen molar-refractivity contribution in [3.63, 3.8) is 0 Å². The average molecular weight is 467 g/mol. The molecule has 0 saturated heterocycles. The third kappa shape index (κ3) is 21.9. The van der Waals surface area contributed by atoms with Crippen LogP contribution in [0, 0.1) is 5.92 Å². The molecule has 1 unspecified atom stereocenters. The number of hydrogen-bond donors (Lipinski definition) is 2. The standard InChI is InChI=1S/C28H50O5/c1-2-3-4-5-6-7-8-9-10-11-12-13-14-17-20-23-26(29)25(28(32)33)22-19-16-15-18-21-24-27(30)31/h9-10,25H,2-8,11-24H2,1H3,(H,30,31)(H,32,33)/b10-9-. The third-order valence-electron chi connectivity index (χ3n) is 6.26. The minimum atomic E-state index is -1.00. The second-order valence-electron chi connectivity index (χ2n) is 9.39. The number of rotatable bonds is 25. The van der Waals surface area contributed by atoms with Crippen molar-refractivity contribution < 1.29 is 24.6 Å². The number of ketones is 1. The van der Waals surface area contributed by atoms with Crippen LogP contribution in [0.4, 0.5) is 0 Å². The Morgan fingerprint density at radius 1 is 0.606 bits per heavy atom. The molecule has 0 aliphatic carbocycles. The third-order valence-corrected chi connectivity index (χ3v) is 6.26. The molecule has 0 radical (unpaired) electrons. The van der Waals surface area contributed by atoms with Gasteiger partial charge in [-0.1, -0.05) is 96.1 Å². The van der Waals surface area contributed by atoms with E-state index in [4.69, 9.17) is 5.11 Å². The SMILES string of the molecule is CCCCCCCC/C=C\CCCCCCCC(=O)C(CCCCCCCC(=O)O)C(=O)O. The number of allylic oxidation sites excluding steroid dienone is 2. The van der Waals surface area contributed by atoms with Gasteiger partial charge in [0.1, 0.15) is 11.7 Å². The molecule has 0 aromatic rings. The zero-order valence-corrected chi connectivity index (χ0v) is 21.2. The molecular formula is C28H50O5. The van der Waals surface area contributed by atoms with Crippen molar-refractivity contribution in [1.29, 1.82) is 0 Å². The van der Waals surface area contributed by atoms with Gasteiger partial charge < -0.3 is 10.2 Å². The van der Waals surface area contributed by atoms with E-state index in [0.717, 1.165) is 44.9 Å². The monoisotopic (exact) mass is 466 g/mol. The Bertz CT molecular complexity index is 526. The Morgan fingerprint density at radius 3 is 1.58 bits per heavy atom. The number of Topliss-reactive ketones (excluding diaryl/α,β-unsaturated/α-hetero) is 1. The minimum Gasteiger partial charge on any atom is -0.481 e. The highest BCUT2D eigenvalue weighted by Crippen LogP contribution is 2.17. The summed E-state index contributed by atoms with van der Waals surface area (Å²) in [4.78, 5) is 34.2. The molecule has 5 heteroatoms. The summed E-state index contributed by atoms with van der Waals surface area (Å²) in [6, 6.07) is 0. The first kappa shape index (κ1) is 31.4. The van der Waals surface area contributed by atoms with Gasteiger partial charge in [0.15, 0.2) is 0 Å². The number of aliphatic carboxylic acids is 2. The summed E-state index contributed by atoms with van der Waals surface area (Å²) < 4.78 is 0. The molecule has 0 fully saturated rings. The van der Waals surface area contributed by atoms with Crippen LogP contribution < -0.4 is 0 Å². The molecule has 0 aliphatic rings. The Labute approximate surface area is 202 Å². The van der Waals surface area contributed by atoms with Crippen LogP contribution in [0.2, 0.25) is 0 Å². The lowest BCUT2D eigenvalue weighted by Gasteiger charge is -2.11. The maximum Gasteiger partial charge on any atom is 0.314 e. The Morgan fingerprint density at radius 2 is 1.06 bits per heavy atom. The average Bonchev–Trinajstić information content (AvgIpc) is 2.77. The fourth-order valence-corrected chi connectivity index (χ4v) is 4.12. The van der Waals surface area contributed by atoms with E-state index in [2.05, 4.69) is 19.1 Å². The molecule has 33 heavy (non-hydrogen) atoms. The quantitative estimate of drug-likeness (QED) is 0.0805. The van der Waals surface area contributed by atoms with Crippen molar-refractivity contribution in [3.8, 4) is 0 Å². The highest BCUT2D eigenvalue weighted by atomic mass is 16.4. The van der Waals surface area contributed by atoms with Crippen LogP contribution >= 0.6 is 0 Å². The van der Waals surface area contributed by atoms with Gasteiger partial charge in [0.25, 0.3) is 0 Å². The van der Waals surface area contributed by atoms with Crippen LogP contribution in [0.1, 0.15) is 142 Å². The van der Waals surface area contributed by atoms with E-state index in [1.54, 1.807) is 0 Å². The van der Waals surface area contributed by atoms with E-state index in [1.807, 2.05) is 0 Å². The van der Waals surface area contributed by atoms with Gasteiger partial charge in [0, 0.05) is 12.8 Å². The zero-order chi connectivity index (χ0) is 24.6. The lowest BCUT2D eigenvalue weighted by molar-refractivity contribution is -0.146. The smallest absolute Gasteiger partial charge is 0.314 e. The summed E-state index contributed by atoms with van der Waals surface area (Å²) in [6.07, 6.45) is 25.2. The van der Waals surface area contributed by atoms with E-state index < -0.39 is 17.9 Å². The summed E-state index contributed by atoms with van der Waals surface area (Å²) in [5.41, 5.74) is 0. The molecular weight excluding hydrogens is 416 g/mol. The van der Waals surface area contributed by atoms with Crippen LogP contribution in [-0.2, 0) is 14.4 Å². The fourth-order valence-electron chi connectivity index (χ4n) is 4.12. The van der Waals surface area contributed by atoms with E-state index in [1.165, 1.54) is 57.8 Å². The lowest BCUT2D eigenvalue weighted by atomic mass is 9.93. The molecule has 1 atom stereocenters. The van der Waals surface area contributed by atoms with Crippen molar-refractivity contribution in [2.75, 3.05) is 0 Å². The normalized spacial score (nSPS) is 12.3. The number of unbranched alkanes of at least 4 members (excludes halogenated alkanes) is 15. The van der Waals surface area contributed by atoms with Gasteiger partial charge in [-0.15, -0.1) is 0 Å². The van der Waals surface area contributed by atoms with Gasteiger partial charge in [0.05, 0.1) is 0 Å². The van der Waals surface area contributed by atoms with Crippen LogP contribution in [0.15, 0.2) is 12.2 Å². The van der Waals surface area contributed by atoms with Gasteiger partial charge >= 0.3 is 11.9 Å². The van der Waals surface area contributed by atoms with E-state index in [-0.39, 0.29) is 12.2 Å². The number of carbonyl (C=O) groups excluding carboxylic acids is 1. The Balaban J connectivity index is 3.65. The summed E-state index contributed by atoms with van der Waals surface area (Å²) in [7, 11) is 0. The van der Waals surface area contributed by atoms with Gasteiger partial charge in [-0.2, -0.15) is 0 Å². The predicted octanol–water partition coefficient (Wildman–Crippen LogP) is 8.11. The molecule has 192 valence electrons. The van der Waals surface area contributed by atoms with Gasteiger partial charge in [0.2, 0.25) is 0 Å². The van der Waals surface area contributed by atoms with Gasteiger partial charge in [-0.25, -0.2) is 0 Å². The number of carboxylic acid groups (broad SMARTS) is 2. The maximum atomic E-state index is 12.3. The van der Waals surface area contributed by atoms with Crippen molar-refractivity contribution in [2.45, 2.75) is 142 Å². The van der Waals surface area contributed by atoms with Crippen LogP contribution in [0.25, 0.3) is 0 Å². The first-order chi connectivity index (χ1) is 16.0. The minimum absolute atomic E-state index is 0.133. The maximum absolute atomic E-state index is 12.3. The van der Waals surface area contributed by atoms with Crippen molar-refractivity contribution >= 4 is 17.7 Å². The number of carboxylic acids is 2. The number of hydrogen-bond acceptors (Lipinski definition) is 3. The highest BCUT2D eigenvalue weighted by molar-refractivity contribution is 5.98. The molecule has 0 rings (SSSR count). The second-order valence-corrected chi connectivity index (χ2v) is 9.39. The first-order valence-electron chi connectivity index (χ1n) is 13.6. The molecule has 0 aromatic carbocycles. The van der Waals surface area contributed by atoms with E-state index in [0.29, 0.717) is 25.7 Å². The topological polar surface area (TPSA) is 91.7 Å². The Kier molecular flexibility index (Phi) is 22.3. The van der Waals surface area contributed by atoms with Crippen LogP contribution in [-0.4, -0.2) is 27.9 Å². The molecule has 0 saturated carbocycles. The largest absolute Gasteiger partial charge is 0.481 e. The first-order valence-corrected chi connectivity index (χ1v) is 13.6. The summed E-state index contributed by atoms with van der Waals surface area (Å²) >= 11 is 0. The molecule has 5 nitrogen and oxygen atoms in total. The molecule has 0 aromatic heterocycles. The van der Waals surface area contributed by atoms with Crippen molar-refractivity contribution in [3.05, 3.63) is 12.2 Å². The second kappa shape index (κ2) is 23.5. The van der Waals surface area contributed by atoms with Gasteiger partial charge in [-0.05, 0) is 44.9 Å². The molecule has 0 spiro atoms. The van der Waals surface area contributed by atoms with Gasteiger partial charge in [-0.3, -0.25) is 14.4 Å². The lowest BCUT2D eigenvalue weighted by Crippen LogP contribution is -2.23. The molecule has 2 N–H and O–H groups in total. The summed E-state index contributed by atoms with van der Waals surface area (Å²) in [6.45, 7) is 2.25. The van der Waals surface area contributed by atoms with Crippen LogP contribution in [0.5, 0.6) is 0 Å².